The zero-order valence-corrected chi connectivity index (χ0v) is 21.7. The molecule has 0 spiro atoms. The molecule has 2 aliphatic heterocycles. The van der Waals surface area contributed by atoms with Gasteiger partial charge in [-0.25, -0.2) is 33.6 Å². The highest BCUT2D eigenvalue weighted by Gasteiger charge is 2.72. The molecular formula is C26H25N5O6S. The second-order valence-electron chi connectivity index (χ2n) is 9.00. The molecule has 1 aromatic heterocycles. The fourth-order valence-corrected chi connectivity index (χ4v) is 6.10. The molecule has 4 atom stereocenters. The summed E-state index contributed by atoms with van der Waals surface area (Å²) in [7, 11) is 1.16. The topological polar surface area (TPSA) is 136 Å². The predicted octanol–water partition coefficient (Wildman–Crippen LogP) is 1.70. The number of esters is 1. The van der Waals surface area contributed by atoms with Crippen molar-refractivity contribution in [2.24, 2.45) is 10.9 Å². The number of hydrogen-bond acceptors (Lipinski definition) is 8. The molecule has 1 unspecified atom stereocenters. The Balaban J connectivity index is 1.82. The second-order valence-corrected chi connectivity index (χ2v) is 10.4. The largest absolute Gasteiger partial charge is 0.467 e. The molecule has 2 aliphatic rings. The number of aromatic amines is 1. The number of carbonyl (C=O) groups is 3. The number of amides is 2. The van der Waals surface area contributed by atoms with Crippen LogP contribution in [-0.4, -0.2) is 55.6 Å². The zero-order valence-electron chi connectivity index (χ0n) is 20.9. The number of imide groups is 1. The standard InChI is InChI=1S/C26H25N5O6S/c1-4-15(2)38-22-26(31-25(36)30(24(35)28-31)17-13-9-6-10-14-17)18(19(27-22)21(33)37-3)20(32)29(23(26)34)16-11-7-5-8-12-16/h5-15,18-19H,4H2,1-3H3,(H,28,35)/t15?,18-,19-,26-/m1/s1. The van der Waals surface area contributed by atoms with E-state index in [1.54, 1.807) is 60.7 Å². The number of methoxy groups -OCH3 is 1. The van der Waals surface area contributed by atoms with Gasteiger partial charge in [0.2, 0.25) is 11.4 Å². The minimum atomic E-state index is -2.09. The molecule has 1 N–H and O–H groups in total. The van der Waals surface area contributed by atoms with Gasteiger partial charge in [-0.2, -0.15) is 0 Å². The first-order valence-corrected chi connectivity index (χ1v) is 12.9. The van der Waals surface area contributed by atoms with Gasteiger partial charge in [-0.1, -0.05) is 50.2 Å². The summed E-state index contributed by atoms with van der Waals surface area (Å²) in [5.41, 5.74) is -3.22. The highest BCUT2D eigenvalue weighted by molar-refractivity contribution is 8.14. The quantitative estimate of drug-likeness (QED) is 0.375. The summed E-state index contributed by atoms with van der Waals surface area (Å²) in [5, 5.41) is 2.51. The molecule has 12 heteroatoms. The van der Waals surface area contributed by atoms with E-state index < -0.39 is 46.7 Å². The van der Waals surface area contributed by atoms with Crippen molar-refractivity contribution < 1.29 is 19.1 Å². The van der Waals surface area contributed by atoms with Crippen molar-refractivity contribution in [2.75, 3.05) is 12.0 Å². The number of fused-ring (bicyclic) bond motifs is 1. The Bertz CT molecular complexity index is 1560. The Kier molecular flexibility index (Phi) is 6.43. The number of hydrogen-bond donors (Lipinski definition) is 1. The monoisotopic (exact) mass is 535 g/mol. The van der Waals surface area contributed by atoms with Gasteiger partial charge >= 0.3 is 17.3 Å². The molecule has 0 aliphatic carbocycles. The number of nitrogens with zero attached hydrogens (tertiary/aromatic N) is 4. The molecule has 11 nitrogen and oxygen atoms in total. The number of aromatic nitrogens is 3. The molecule has 2 amide bonds. The van der Waals surface area contributed by atoms with Gasteiger partial charge in [0.05, 0.1) is 18.5 Å². The normalized spacial score (nSPS) is 23.3. The van der Waals surface area contributed by atoms with Crippen molar-refractivity contribution in [1.29, 1.82) is 0 Å². The summed E-state index contributed by atoms with van der Waals surface area (Å²) in [4.78, 5) is 73.8. The summed E-state index contributed by atoms with van der Waals surface area (Å²) >= 11 is 1.18. The van der Waals surface area contributed by atoms with Crippen LogP contribution in [0.4, 0.5) is 5.69 Å². The smallest absolute Gasteiger partial charge is 0.353 e. The van der Waals surface area contributed by atoms with Crippen LogP contribution in [-0.2, 0) is 24.7 Å². The Labute approximate surface area is 221 Å². The molecule has 1 saturated heterocycles. The van der Waals surface area contributed by atoms with Crippen LogP contribution in [0.1, 0.15) is 20.3 Å². The van der Waals surface area contributed by atoms with Crippen LogP contribution in [0.15, 0.2) is 75.2 Å². The number of para-hydroxylation sites is 2. The average Bonchev–Trinajstić information content (AvgIpc) is 3.50. The van der Waals surface area contributed by atoms with Crippen molar-refractivity contribution in [3.8, 4) is 5.69 Å². The van der Waals surface area contributed by atoms with Crippen LogP contribution in [0.25, 0.3) is 5.69 Å². The third-order valence-corrected chi connectivity index (χ3v) is 8.24. The van der Waals surface area contributed by atoms with Gasteiger partial charge in [0.25, 0.3) is 5.91 Å². The minimum absolute atomic E-state index is 0.0880. The summed E-state index contributed by atoms with van der Waals surface area (Å²) in [6.07, 6.45) is 0.675. The molecule has 3 aromatic rings. The summed E-state index contributed by atoms with van der Waals surface area (Å²) < 4.78 is 6.70. The molecule has 3 heterocycles. The maximum absolute atomic E-state index is 14.4. The lowest BCUT2D eigenvalue weighted by Crippen LogP contribution is -2.55. The van der Waals surface area contributed by atoms with Crippen LogP contribution in [0.3, 0.4) is 0 Å². The van der Waals surface area contributed by atoms with E-state index in [0.717, 1.165) is 21.3 Å². The number of thioether (sulfide) groups is 1. The lowest BCUT2D eigenvalue weighted by molar-refractivity contribution is -0.145. The Morgan fingerprint density at radius 1 is 1.05 bits per heavy atom. The van der Waals surface area contributed by atoms with Gasteiger partial charge in [-0.3, -0.25) is 14.6 Å². The Morgan fingerprint density at radius 2 is 1.66 bits per heavy atom. The minimum Gasteiger partial charge on any atom is -0.467 e. The number of carbonyl (C=O) groups excluding carboxylic acids is 3. The molecule has 0 saturated carbocycles. The SMILES string of the molecule is CCC(C)SC1=N[C@@H](C(=O)OC)[C@@H]2C(=O)N(c3ccccc3)C(=O)[C@]12n1[nH]c(=O)n(-c2ccccc2)c1=O. The van der Waals surface area contributed by atoms with Crippen molar-refractivity contribution in [3.05, 3.63) is 81.6 Å². The summed E-state index contributed by atoms with van der Waals surface area (Å²) in [5.74, 6) is -3.79. The van der Waals surface area contributed by atoms with Crippen LogP contribution >= 0.6 is 11.8 Å². The van der Waals surface area contributed by atoms with Gasteiger partial charge in [-0.05, 0) is 30.7 Å². The van der Waals surface area contributed by atoms with E-state index in [1.165, 1.54) is 11.8 Å². The van der Waals surface area contributed by atoms with E-state index in [1.807, 2.05) is 13.8 Å². The van der Waals surface area contributed by atoms with Gasteiger partial charge in [-0.15, -0.1) is 11.8 Å². The number of rotatable bonds is 6. The number of nitrogens with one attached hydrogen (secondary N) is 1. The predicted molar refractivity (Wildman–Crippen MR) is 142 cm³/mol. The lowest BCUT2D eigenvalue weighted by atomic mass is 9.84. The molecule has 2 aromatic carbocycles. The second kappa shape index (κ2) is 9.60. The lowest BCUT2D eigenvalue weighted by Gasteiger charge is -2.29. The van der Waals surface area contributed by atoms with E-state index in [2.05, 4.69) is 10.1 Å². The van der Waals surface area contributed by atoms with E-state index >= 15 is 0 Å². The molecule has 38 heavy (non-hydrogen) atoms. The molecule has 5 rings (SSSR count). The first-order valence-electron chi connectivity index (χ1n) is 12.0. The molecule has 1 fully saturated rings. The zero-order chi connectivity index (χ0) is 27.2. The third-order valence-electron chi connectivity index (χ3n) is 6.87. The first-order chi connectivity index (χ1) is 18.3. The number of aliphatic imine (C=N–C) groups is 1. The van der Waals surface area contributed by atoms with Gasteiger partial charge < -0.3 is 4.74 Å². The van der Waals surface area contributed by atoms with E-state index in [9.17, 15) is 24.0 Å². The van der Waals surface area contributed by atoms with Crippen molar-refractivity contribution in [1.82, 2.24) is 14.3 Å². The average molecular weight is 536 g/mol. The van der Waals surface area contributed by atoms with Crippen molar-refractivity contribution in [2.45, 2.75) is 37.1 Å². The van der Waals surface area contributed by atoms with Crippen molar-refractivity contribution in [3.63, 3.8) is 0 Å². The highest BCUT2D eigenvalue weighted by atomic mass is 32.2. The van der Waals surface area contributed by atoms with E-state index in [0.29, 0.717) is 6.42 Å². The van der Waals surface area contributed by atoms with Gasteiger partial charge in [0, 0.05) is 5.25 Å². The number of H-pyrrole nitrogens is 1. The first kappa shape index (κ1) is 25.5. The Hall–Kier alpha value is -4.19. The molecule has 0 bridgehead atoms. The summed E-state index contributed by atoms with van der Waals surface area (Å²) in [6, 6.07) is 15.0. The van der Waals surface area contributed by atoms with Crippen LogP contribution in [0.5, 0.6) is 0 Å². The fourth-order valence-electron chi connectivity index (χ4n) is 4.89. The number of anilines is 1. The van der Waals surface area contributed by atoms with Crippen LogP contribution < -0.4 is 16.3 Å². The molecular weight excluding hydrogens is 510 g/mol. The third kappa shape index (κ3) is 3.58. The molecule has 0 radical (unpaired) electrons. The van der Waals surface area contributed by atoms with Gasteiger partial charge in [0.15, 0.2) is 6.04 Å². The van der Waals surface area contributed by atoms with Crippen LogP contribution in [0, 0.1) is 5.92 Å². The highest BCUT2D eigenvalue weighted by Crippen LogP contribution is 2.49. The maximum Gasteiger partial charge on any atom is 0.353 e. The fraction of sp³-hybridized carbons (Fsp3) is 0.308. The number of benzene rings is 2. The Morgan fingerprint density at radius 3 is 2.24 bits per heavy atom. The van der Waals surface area contributed by atoms with Crippen LogP contribution in [0.2, 0.25) is 0 Å². The van der Waals surface area contributed by atoms with Gasteiger partial charge in [0.1, 0.15) is 11.0 Å². The number of ether oxygens (including phenoxy) is 1. The molecule has 196 valence electrons. The van der Waals surface area contributed by atoms with E-state index in [4.69, 9.17) is 4.74 Å². The van der Waals surface area contributed by atoms with Crippen molar-refractivity contribution >= 4 is 40.3 Å². The maximum atomic E-state index is 14.4. The summed E-state index contributed by atoms with van der Waals surface area (Å²) in [6.45, 7) is 3.84. The van der Waals surface area contributed by atoms with E-state index in [-0.39, 0.29) is 21.7 Å².